The molecule has 1 aromatic carbocycles. The summed E-state index contributed by atoms with van der Waals surface area (Å²) in [5.74, 6) is 0.343. The summed E-state index contributed by atoms with van der Waals surface area (Å²) in [5, 5.41) is 3.42. The van der Waals surface area contributed by atoms with Crippen molar-refractivity contribution in [3.63, 3.8) is 0 Å². The first kappa shape index (κ1) is 14.7. The van der Waals surface area contributed by atoms with Crippen molar-refractivity contribution in [3.05, 3.63) is 35.9 Å². The quantitative estimate of drug-likeness (QED) is 0.755. The molecule has 0 spiro atoms. The fourth-order valence-corrected chi connectivity index (χ4v) is 1.96. The van der Waals surface area contributed by atoms with Gasteiger partial charge in [0.2, 0.25) is 0 Å². The van der Waals surface area contributed by atoms with Crippen molar-refractivity contribution >= 4 is 5.97 Å². The van der Waals surface area contributed by atoms with Crippen molar-refractivity contribution in [1.29, 1.82) is 0 Å². The summed E-state index contributed by atoms with van der Waals surface area (Å²) in [6.45, 7) is 7.28. The van der Waals surface area contributed by atoms with Crippen LogP contribution in [0.1, 0.15) is 38.8 Å². The van der Waals surface area contributed by atoms with E-state index in [0.29, 0.717) is 25.5 Å². The van der Waals surface area contributed by atoms with E-state index in [1.54, 1.807) is 0 Å². The van der Waals surface area contributed by atoms with Gasteiger partial charge in [0, 0.05) is 12.6 Å². The summed E-state index contributed by atoms with van der Waals surface area (Å²) < 4.78 is 4.91. The summed E-state index contributed by atoms with van der Waals surface area (Å²) in [6, 6.07) is 10.6. The van der Waals surface area contributed by atoms with Crippen molar-refractivity contribution in [3.8, 4) is 0 Å². The second-order valence-corrected chi connectivity index (χ2v) is 4.64. The lowest BCUT2D eigenvalue weighted by Gasteiger charge is -2.22. The van der Waals surface area contributed by atoms with Crippen molar-refractivity contribution in [2.75, 3.05) is 13.2 Å². The van der Waals surface area contributed by atoms with E-state index in [1.807, 2.05) is 25.1 Å². The largest absolute Gasteiger partial charge is 0.466 e. The number of ether oxygens (including phenoxy) is 1. The van der Waals surface area contributed by atoms with E-state index < -0.39 is 0 Å². The highest BCUT2D eigenvalue weighted by Gasteiger charge is 2.15. The third-order valence-corrected chi connectivity index (χ3v) is 2.82. The van der Waals surface area contributed by atoms with Gasteiger partial charge in [-0.15, -0.1) is 0 Å². The number of nitrogens with one attached hydrogen (secondary N) is 1. The third-order valence-electron chi connectivity index (χ3n) is 2.82. The Morgan fingerprint density at radius 1 is 1.28 bits per heavy atom. The molecule has 0 aromatic heterocycles. The molecule has 0 saturated carbocycles. The maximum Gasteiger partial charge on any atom is 0.307 e. The molecule has 0 saturated heterocycles. The van der Waals surface area contributed by atoms with Crippen LogP contribution in [-0.4, -0.2) is 19.1 Å². The van der Waals surface area contributed by atoms with Gasteiger partial charge in [0.05, 0.1) is 13.0 Å². The second kappa shape index (κ2) is 7.88. The first-order valence-corrected chi connectivity index (χ1v) is 6.59. The predicted octanol–water partition coefficient (Wildman–Crippen LogP) is 2.93. The standard InChI is InChI=1S/C15H23NO2/c1-4-18-14(17)10-11-16-15(12(2)3)13-8-6-5-7-9-13/h5-9,12,15-16H,4,10-11H2,1-3H3. The van der Waals surface area contributed by atoms with E-state index in [0.717, 1.165) is 0 Å². The molecule has 1 N–H and O–H groups in total. The van der Waals surface area contributed by atoms with E-state index in [-0.39, 0.29) is 12.0 Å². The Morgan fingerprint density at radius 3 is 2.50 bits per heavy atom. The van der Waals surface area contributed by atoms with Gasteiger partial charge in [0.25, 0.3) is 0 Å². The number of benzene rings is 1. The summed E-state index contributed by atoms with van der Waals surface area (Å²) >= 11 is 0. The van der Waals surface area contributed by atoms with E-state index in [2.05, 4.69) is 31.3 Å². The SMILES string of the molecule is CCOC(=O)CCNC(c1ccccc1)C(C)C. The third kappa shape index (κ3) is 4.88. The van der Waals surface area contributed by atoms with Crippen LogP contribution in [0, 0.1) is 5.92 Å². The molecule has 18 heavy (non-hydrogen) atoms. The Balaban J connectivity index is 2.47. The molecule has 1 rings (SSSR count). The Hall–Kier alpha value is -1.35. The molecule has 0 fully saturated rings. The molecule has 100 valence electrons. The highest BCUT2D eigenvalue weighted by atomic mass is 16.5. The van der Waals surface area contributed by atoms with Crippen LogP contribution in [-0.2, 0) is 9.53 Å². The van der Waals surface area contributed by atoms with Gasteiger partial charge in [-0.3, -0.25) is 4.79 Å². The van der Waals surface area contributed by atoms with Crippen LogP contribution in [0.4, 0.5) is 0 Å². The molecule has 0 amide bonds. The number of hydrogen-bond acceptors (Lipinski definition) is 3. The zero-order valence-corrected chi connectivity index (χ0v) is 11.5. The lowest BCUT2D eigenvalue weighted by molar-refractivity contribution is -0.143. The van der Waals surface area contributed by atoms with Crippen molar-refractivity contribution < 1.29 is 9.53 Å². The average molecular weight is 249 g/mol. The number of rotatable bonds is 7. The Bertz CT molecular complexity index is 349. The maximum atomic E-state index is 11.3. The predicted molar refractivity (Wildman–Crippen MR) is 73.3 cm³/mol. The highest BCUT2D eigenvalue weighted by Crippen LogP contribution is 2.20. The van der Waals surface area contributed by atoms with Crippen molar-refractivity contribution in [2.45, 2.75) is 33.2 Å². The number of esters is 1. The zero-order valence-electron chi connectivity index (χ0n) is 11.5. The number of carbonyl (C=O) groups excluding carboxylic acids is 1. The minimum absolute atomic E-state index is 0.138. The fraction of sp³-hybridized carbons (Fsp3) is 0.533. The van der Waals surface area contributed by atoms with Crippen LogP contribution >= 0.6 is 0 Å². The average Bonchev–Trinajstić information content (AvgIpc) is 2.35. The maximum absolute atomic E-state index is 11.3. The molecule has 3 nitrogen and oxygen atoms in total. The minimum Gasteiger partial charge on any atom is -0.466 e. The van der Waals surface area contributed by atoms with E-state index in [9.17, 15) is 4.79 Å². The lowest BCUT2D eigenvalue weighted by Crippen LogP contribution is -2.28. The number of carbonyl (C=O) groups is 1. The molecule has 3 heteroatoms. The van der Waals surface area contributed by atoms with Gasteiger partial charge in [-0.25, -0.2) is 0 Å². The van der Waals surface area contributed by atoms with Gasteiger partial charge < -0.3 is 10.1 Å². The smallest absolute Gasteiger partial charge is 0.307 e. The van der Waals surface area contributed by atoms with E-state index >= 15 is 0 Å². The van der Waals surface area contributed by atoms with Gasteiger partial charge in [-0.1, -0.05) is 44.2 Å². The van der Waals surface area contributed by atoms with Gasteiger partial charge in [-0.05, 0) is 18.4 Å². The molecule has 0 radical (unpaired) electrons. The normalized spacial score (nSPS) is 12.4. The minimum atomic E-state index is -0.138. The summed E-state index contributed by atoms with van der Waals surface area (Å²) in [7, 11) is 0. The number of hydrogen-bond donors (Lipinski definition) is 1. The molecule has 0 aliphatic heterocycles. The van der Waals surface area contributed by atoms with Gasteiger partial charge in [-0.2, -0.15) is 0 Å². The molecule has 1 atom stereocenters. The van der Waals surface area contributed by atoms with Gasteiger partial charge in [0.1, 0.15) is 0 Å². The molecule has 1 unspecified atom stereocenters. The molecular formula is C15H23NO2. The Kier molecular flexibility index (Phi) is 6.44. The summed E-state index contributed by atoms with van der Waals surface area (Å²) in [6.07, 6.45) is 0.421. The van der Waals surface area contributed by atoms with E-state index in [1.165, 1.54) is 5.56 Å². The monoisotopic (exact) mass is 249 g/mol. The molecule has 0 aliphatic rings. The van der Waals surface area contributed by atoms with Gasteiger partial charge >= 0.3 is 5.97 Å². The van der Waals surface area contributed by atoms with Crippen LogP contribution in [0.25, 0.3) is 0 Å². The van der Waals surface area contributed by atoms with Crippen LogP contribution in [0.3, 0.4) is 0 Å². The van der Waals surface area contributed by atoms with Crippen LogP contribution < -0.4 is 5.32 Å². The van der Waals surface area contributed by atoms with Crippen LogP contribution in [0.5, 0.6) is 0 Å². The summed E-state index contributed by atoms with van der Waals surface area (Å²) in [4.78, 5) is 11.3. The molecule has 1 aromatic rings. The van der Waals surface area contributed by atoms with Crippen molar-refractivity contribution in [2.24, 2.45) is 5.92 Å². The van der Waals surface area contributed by atoms with Crippen LogP contribution in [0.2, 0.25) is 0 Å². The fourth-order valence-electron chi connectivity index (χ4n) is 1.96. The first-order chi connectivity index (χ1) is 8.65. The molecule has 0 bridgehead atoms. The summed E-state index contributed by atoms with van der Waals surface area (Å²) in [5.41, 5.74) is 1.26. The molecular weight excluding hydrogens is 226 g/mol. The topological polar surface area (TPSA) is 38.3 Å². The zero-order chi connectivity index (χ0) is 13.4. The second-order valence-electron chi connectivity index (χ2n) is 4.64. The lowest BCUT2D eigenvalue weighted by atomic mass is 9.96. The Morgan fingerprint density at radius 2 is 1.94 bits per heavy atom. The highest BCUT2D eigenvalue weighted by molar-refractivity contribution is 5.69. The van der Waals surface area contributed by atoms with Crippen molar-refractivity contribution in [1.82, 2.24) is 5.32 Å². The Labute approximate surface area is 110 Å². The van der Waals surface area contributed by atoms with Gasteiger partial charge in [0.15, 0.2) is 0 Å². The first-order valence-electron chi connectivity index (χ1n) is 6.59. The van der Waals surface area contributed by atoms with E-state index in [4.69, 9.17) is 4.74 Å². The van der Waals surface area contributed by atoms with Crippen LogP contribution in [0.15, 0.2) is 30.3 Å². The molecule has 0 heterocycles. The molecule has 0 aliphatic carbocycles.